The second-order valence-electron chi connectivity index (χ2n) is 6.08. The fourth-order valence-electron chi connectivity index (χ4n) is 3.51. The maximum atomic E-state index is 9.78. The Bertz CT molecular complexity index is 408. The van der Waals surface area contributed by atoms with Gasteiger partial charge < -0.3 is 5.11 Å². The molecule has 0 radical (unpaired) electrons. The standard InChI is InChI=1S/C16H24N2O/c1-13-10-18-12-16(19)9-15(18)11-17(13)8-7-14-5-3-2-4-6-14/h2-6,13,15-16,19H,7-12H2,1H3/t13-,15?,16+/m0/s1. The topological polar surface area (TPSA) is 26.7 Å². The molecular formula is C16H24N2O. The fourth-order valence-corrected chi connectivity index (χ4v) is 3.51. The minimum Gasteiger partial charge on any atom is -0.392 e. The Balaban J connectivity index is 1.56. The number of rotatable bonds is 3. The molecule has 3 rings (SSSR count). The Morgan fingerprint density at radius 1 is 1.16 bits per heavy atom. The molecule has 0 saturated carbocycles. The second-order valence-corrected chi connectivity index (χ2v) is 6.08. The molecule has 0 aromatic heterocycles. The zero-order chi connectivity index (χ0) is 13.2. The van der Waals surface area contributed by atoms with E-state index < -0.39 is 0 Å². The van der Waals surface area contributed by atoms with Crippen molar-refractivity contribution in [1.29, 1.82) is 0 Å². The summed E-state index contributed by atoms with van der Waals surface area (Å²) in [5, 5.41) is 9.78. The van der Waals surface area contributed by atoms with Gasteiger partial charge in [0.1, 0.15) is 0 Å². The number of nitrogens with zero attached hydrogens (tertiary/aromatic N) is 2. The number of aliphatic hydroxyl groups is 1. The SMILES string of the molecule is C[C@H]1CN2C[C@H](O)CC2CN1CCc1ccccc1. The van der Waals surface area contributed by atoms with Crippen molar-refractivity contribution in [1.82, 2.24) is 9.80 Å². The summed E-state index contributed by atoms with van der Waals surface area (Å²) < 4.78 is 0. The zero-order valence-electron chi connectivity index (χ0n) is 11.7. The molecule has 0 amide bonds. The van der Waals surface area contributed by atoms with Crippen molar-refractivity contribution < 1.29 is 5.11 Å². The average Bonchev–Trinajstić information content (AvgIpc) is 2.76. The zero-order valence-corrected chi connectivity index (χ0v) is 11.7. The largest absolute Gasteiger partial charge is 0.392 e. The van der Waals surface area contributed by atoms with Crippen LogP contribution in [0.25, 0.3) is 0 Å². The minimum atomic E-state index is -0.105. The van der Waals surface area contributed by atoms with Gasteiger partial charge in [0.05, 0.1) is 6.10 Å². The van der Waals surface area contributed by atoms with E-state index in [0.717, 1.165) is 39.0 Å². The molecule has 1 aromatic carbocycles. The van der Waals surface area contributed by atoms with Crippen molar-refractivity contribution in [3.63, 3.8) is 0 Å². The van der Waals surface area contributed by atoms with Crippen LogP contribution in [0.3, 0.4) is 0 Å². The van der Waals surface area contributed by atoms with Gasteiger partial charge in [0.15, 0.2) is 0 Å². The quantitative estimate of drug-likeness (QED) is 0.889. The third kappa shape index (κ3) is 2.99. The van der Waals surface area contributed by atoms with Crippen molar-refractivity contribution in [2.45, 2.75) is 38.0 Å². The molecular weight excluding hydrogens is 236 g/mol. The lowest BCUT2D eigenvalue weighted by Gasteiger charge is -2.42. The van der Waals surface area contributed by atoms with Gasteiger partial charge in [0, 0.05) is 38.3 Å². The molecule has 3 heteroatoms. The average molecular weight is 260 g/mol. The Morgan fingerprint density at radius 3 is 2.74 bits per heavy atom. The Labute approximate surface area is 115 Å². The highest BCUT2D eigenvalue weighted by Crippen LogP contribution is 2.25. The number of hydrogen-bond donors (Lipinski definition) is 1. The first-order valence-electron chi connectivity index (χ1n) is 7.42. The van der Waals surface area contributed by atoms with Crippen molar-refractivity contribution in [3.8, 4) is 0 Å². The maximum absolute atomic E-state index is 9.78. The van der Waals surface area contributed by atoms with E-state index in [1.807, 2.05) is 0 Å². The summed E-state index contributed by atoms with van der Waals surface area (Å²) in [6.45, 7) is 6.54. The fraction of sp³-hybridized carbons (Fsp3) is 0.625. The predicted molar refractivity (Wildman–Crippen MR) is 77.2 cm³/mol. The van der Waals surface area contributed by atoms with Gasteiger partial charge in [-0.05, 0) is 25.3 Å². The molecule has 1 aromatic rings. The van der Waals surface area contributed by atoms with Gasteiger partial charge in [-0.3, -0.25) is 9.80 Å². The molecule has 2 heterocycles. The molecule has 104 valence electrons. The van der Waals surface area contributed by atoms with Crippen LogP contribution >= 0.6 is 0 Å². The molecule has 0 spiro atoms. The number of aliphatic hydroxyl groups excluding tert-OH is 1. The van der Waals surface area contributed by atoms with Crippen LogP contribution in [0.2, 0.25) is 0 Å². The van der Waals surface area contributed by atoms with Gasteiger partial charge in [0.25, 0.3) is 0 Å². The third-order valence-electron chi connectivity index (χ3n) is 4.60. The highest BCUT2D eigenvalue weighted by molar-refractivity contribution is 5.15. The number of benzene rings is 1. The molecule has 3 nitrogen and oxygen atoms in total. The van der Waals surface area contributed by atoms with Gasteiger partial charge in [-0.15, -0.1) is 0 Å². The van der Waals surface area contributed by atoms with Crippen molar-refractivity contribution in [2.24, 2.45) is 0 Å². The van der Waals surface area contributed by atoms with E-state index in [-0.39, 0.29) is 6.10 Å². The first kappa shape index (κ1) is 13.1. The maximum Gasteiger partial charge on any atom is 0.0682 e. The summed E-state index contributed by atoms with van der Waals surface area (Å²) >= 11 is 0. The molecule has 1 N–H and O–H groups in total. The van der Waals surface area contributed by atoms with E-state index >= 15 is 0 Å². The normalized spacial score (nSPS) is 32.4. The number of piperazine rings is 1. The molecule has 2 aliphatic rings. The molecule has 3 atom stereocenters. The monoisotopic (exact) mass is 260 g/mol. The summed E-state index contributed by atoms with van der Waals surface area (Å²) in [4.78, 5) is 5.06. The van der Waals surface area contributed by atoms with Gasteiger partial charge in [-0.25, -0.2) is 0 Å². The van der Waals surface area contributed by atoms with Gasteiger partial charge >= 0.3 is 0 Å². The van der Waals surface area contributed by atoms with E-state index in [2.05, 4.69) is 47.1 Å². The van der Waals surface area contributed by atoms with Gasteiger partial charge in [-0.1, -0.05) is 30.3 Å². The molecule has 2 aliphatic heterocycles. The highest BCUT2D eigenvalue weighted by Gasteiger charge is 2.37. The Morgan fingerprint density at radius 2 is 1.95 bits per heavy atom. The van der Waals surface area contributed by atoms with E-state index in [1.165, 1.54) is 5.56 Å². The summed E-state index contributed by atoms with van der Waals surface area (Å²) in [6.07, 6.45) is 1.97. The molecule has 2 saturated heterocycles. The lowest BCUT2D eigenvalue weighted by Crippen LogP contribution is -2.55. The Kier molecular flexibility index (Phi) is 3.87. The van der Waals surface area contributed by atoms with Crippen LogP contribution in [0.5, 0.6) is 0 Å². The summed E-state index contributed by atoms with van der Waals surface area (Å²) in [7, 11) is 0. The van der Waals surface area contributed by atoms with Crippen molar-refractivity contribution >= 4 is 0 Å². The van der Waals surface area contributed by atoms with E-state index in [1.54, 1.807) is 0 Å². The van der Waals surface area contributed by atoms with Crippen LogP contribution < -0.4 is 0 Å². The Hall–Kier alpha value is -0.900. The van der Waals surface area contributed by atoms with Crippen LogP contribution in [0.4, 0.5) is 0 Å². The summed E-state index contributed by atoms with van der Waals surface area (Å²) in [5.74, 6) is 0. The van der Waals surface area contributed by atoms with Crippen LogP contribution in [0.1, 0.15) is 18.9 Å². The first-order valence-corrected chi connectivity index (χ1v) is 7.42. The second kappa shape index (κ2) is 5.61. The lowest BCUT2D eigenvalue weighted by molar-refractivity contribution is 0.0591. The van der Waals surface area contributed by atoms with Crippen LogP contribution in [-0.4, -0.2) is 59.3 Å². The molecule has 0 aliphatic carbocycles. The molecule has 1 unspecified atom stereocenters. The summed E-state index contributed by atoms with van der Waals surface area (Å²) in [5.41, 5.74) is 1.42. The smallest absolute Gasteiger partial charge is 0.0682 e. The van der Waals surface area contributed by atoms with Gasteiger partial charge in [0.2, 0.25) is 0 Å². The van der Waals surface area contributed by atoms with Crippen molar-refractivity contribution in [2.75, 3.05) is 26.2 Å². The lowest BCUT2D eigenvalue weighted by atomic mass is 10.1. The van der Waals surface area contributed by atoms with Crippen LogP contribution in [0.15, 0.2) is 30.3 Å². The van der Waals surface area contributed by atoms with Gasteiger partial charge in [-0.2, -0.15) is 0 Å². The molecule has 0 bridgehead atoms. The minimum absolute atomic E-state index is 0.105. The first-order chi connectivity index (χ1) is 9.22. The van der Waals surface area contributed by atoms with E-state index in [0.29, 0.717) is 12.1 Å². The molecule has 2 fully saturated rings. The number of hydrogen-bond acceptors (Lipinski definition) is 3. The summed E-state index contributed by atoms with van der Waals surface area (Å²) in [6, 6.07) is 11.9. The van der Waals surface area contributed by atoms with E-state index in [4.69, 9.17) is 0 Å². The van der Waals surface area contributed by atoms with Crippen molar-refractivity contribution in [3.05, 3.63) is 35.9 Å². The van der Waals surface area contributed by atoms with E-state index in [9.17, 15) is 5.11 Å². The van der Waals surface area contributed by atoms with Crippen LogP contribution in [-0.2, 0) is 6.42 Å². The number of fused-ring (bicyclic) bond motifs is 1. The highest BCUT2D eigenvalue weighted by atomic mass is 16.3. The molecule has 19 heavy (non-hydrogen) atoms. The van der Waals surface area contributed by atoms with Crippen LogP contribution in [0, 0.1) is 0 Å². The third-order valence-corrected chi connectivity index (χ3v) is 4.60. The predicted octanol–water partition coefficient (Wildman–Crippen LogP) is 1.37.